The van der Waals surface area contributed by atoms with Crippen LogP contribution in [-0.2, 0) is 11.3 Å². The monoisotopic (exact) mass is 390 g/mol. The third-order valence-electron chi connectivity index (χ3n) is 3.69. The van der Waals surface area contributed by atoms with Gasteiger partial charge in [-0.1, -0.05) is 39.1 Å². The first-order chi connectivity index (χ1) is 10.0. The van der Waals surface area contributed by atoms with E-state index in [0.717, 1.165) is 15.4 Å². The first kappa shape index (κ1) is 15.2. The first-order valence-electron chi connectivity index (χ1n) is 6.49. The second-order valence-corrected chi connectivity index (χ2v) is 6.52. The lowest BCUT2D eigenvalue weighted by Crippen LogP contribution is -2.41. The number of amides is 1. The Morgan fingerprint density at radius 2 is 2.10 bits per heavy atom. The smallest absolute Gasteiger partial charge is 0.270 e. The van der Waals surface area contributed by atoms with Crippen LogP contribution in [0.2, 0.25) is 10.0 Å². The number of hydrogen-bond donors (Lipinski definition) is 0. The number of halogens is 3. The van der Waals surface area contributed by atoms with E-state index in [-0.39, 0.29) is 5.91 Å². The molecule has 0 fully saturated rings. The number of rotatable bonds is 3. The Hall–Kier alpha value is -0.750. The summed E-state index contributed by atoms with van der Waals surface area (Å²) in [5.74, 6) is -0.00594. The summed E-state index contributed by atoms with van der Waals surface area (Å²) in [6.45, 7) is 2.45. The van der Waals surface area contributed by atoms with Crippen molar-refractivity contribution in [3.63, 3.8) is 0 Å². The van der Waals surface area contributed by atoms with Crippen molar-refractivity contribution in [1.82, 2.24) is 9.47 Å². The fourth-order valence-electron chi connectivity index (χ4n) is 2.64. The van der Waals surface area contributed by atoms with Crippen LogP contribution in [0.5, 0.6) is 0 Å². The summed E-state index contributed by atoms with van der Waals surface area (Å²) < 4.78 is 7.83. The third kappa shape index (κ3) is 2.46. The van der Waals surface area contributed by atoms with Gasteiger partial charge in [0.2, 0.25) is 0 Å². The largest absolute Gasteiger partial charge is 0.383 e. The predicted octanol–water partition coefficient (Wildman–Crippen LogP) is 3.81. The molecule has 0 N–H and O–H groups in total. The molecule has 4 nitrogen and oxygen atoms in total. The molecule has 0 saturated carbocycles. The maximum Gasteiger partial charge on any atom is 0.270 e. The molecule has 1 aliphatic heterocycles. The van der Waals surface area contributed by atoms with Crippen LogP contribution in [0.1, 0.15) is 10.5 Å². The normalized spacial score (nSPS) is 14.9. The van der Waals surface area contributed by atoms with E-state index >= 15 is 0 Å². The van der Waals surface area contributed by atoms with E-state index in [4.69, 9.17) is 27.9 Å². The third-order valence-corrected chi connectivity index (χ3v) is 5.12. The molecule has 0 aliphatic carbocycles. The average Bonchev–Trinajstić information content (AvgIpc) is 2.85. The highest BCUT2D eigenvalue weighted by Crippen LogP contribution is 2.39. The van der Waals surface area contributed by atoms with Crippen LogP contribution in [0.15, 0.2) is 16.6 Å². The topological polar surface area (TPSA) is 34.5 Å². The first-order valence-corrected chi connectivity index (χ1v) is 8.04. The lowest BCUT2D eigenvalue weighted by molar-refractivity contribution is 0.0643. The Kier molecular flexibility index (Phi) is 4.19. The number of aromatic nitrogens is 1. The molecule has 3 rings (SSSR count). The van der Waals surface area contributed by atoms with Gasteiger partial charge in [-0.2, -0.15) is 0 Å². The van der Waals surface area contributed by atoms with Gasteiger partial charge in [0.1, 0.15) is 5.69 Å². The molecule has 1 amide bonds. The molecule has 0 saturated heterocycles. The molecule has 0 unspecified atom stereocenters. The molecule has 21 heavy (non-hydrogen) atoms. The van der Waals surface area contributed by atoms with Crippen LogP contribution in [0.25, 0.3) is 10.9 Å². The second kappa shape index (κ2) is 5.80. The highest BCUT2D eigenvalue weighted by atomic mass is 79.9. The van der Waals surface area contributed by atoms with E-state index in [1.807, 2.05) is 10.6 Å². The van der Waals surface area contributed by atoms with Crippen LogP contribution in [0, 0.1) is 0 Å². The van der Waals surface area contributed by atoms with Crippen molar-refractivity contribution in [2.75, 3.05) is 26.8 Å². The van der Waals surface area contributed by atoms with Gasteiger partial charge in [0.15, 0.2) is 0 Å². The Morgan fingerprint density at radius 3 is 2.81 bits per heavy atom. The molecule has 112 valence electrons. The highest BCUT2D eigenvalue weighted by Gasteiger charge is 2.28. The molecule has 7 heteroatoms. The lowest BCUT2D eigenvalue weighted by atomic mass is 10.2. The molecular formula is C14H13BrCl2N2O2. The molecular weight excluding hydrogens is 379 g/mol. The van der Waals surface area contributed by atoms with E-state index in [0.29, 0.717) is 42.0 Å². The standard InChI is InChI=1S/C14H13BrCl2N2O2/c1-21-5-4-18-2-3-19-11(14(18)20)6-8-9(15)7-10(16)12(17)13(8)19/h6-7H,2-5H2,1H3. The number of nitrogens with zero attached hydrogens (tertiary/aromatic N) is 2. The highest BCUT2D eigenvalue weighted by molar-refractivity contribution is 9.10. The second-order valence-electron chi connectivity index (χ2n) is 4.88. The molecule has 1 aromatic carbocycles. The number of ether oxygens (including phenoxy) is 1. The van der Waals surface area contributed by atoms with Crippen molar-refractivity contribution in [2.24, 2.45) is 0 Å². The molecule has 0 atom stereocenters. The van der Waals surface area contributed by atoms with Crippen molar-refractivity contribution >= 4 is 55.9 Å². The van der Waals surface area contributed by atoms with Gasteiger partial charge in [0.05, 0.1) is 22.2 Å². The Bertz CT molecular complexity index is 730. The van der Waals surface area contributed by atoms with Crippen LogP contribution < -0.4 is 0 Å². The minimum atomic E-state index is -0.00594. The number of benzene rings is 1. The number of hydrogen-bond acceptors (Lipinski definition) is 2. The van der Waals surface area contributed by atoms with Crippen LogP contribution >= 0.6 is 39.1 Å². The number of methoxy groups -OCH3 is 1. The van der Waals surface area contributed by atoms with Gasteiger partial charge < -0.3 is 14.2 Å². The van der Waals surface area contributed by atoms with Crippen LogP contribution in [-0.4, -0.2) is 42.2 Å². The quantitative estimate of drug-likeness (QED) is 0.745. The summed E-state index contributed by atoms with van der Waals surface area (Å²) in [6, 6.07) is 3.62. The molecule has 0 bridgehead atoms. The van der Waals surface area contributed by atoms with Gasteiger partial charge in [0.25, 0.3) is 5.91 Å². The van der Waals surface area contributed by atoms with E-state index in [1.54, 1.807) is 18.1 Å². The SMILES string of the molecule is COCCN1CCn2c(cc3c(Br)cc(Cl)c(Cl)c32)C1=O. The summed E-state index contributed by atoms with van der Waals surface area (Å²) >= 11 is 15.9. The summed E-state index contributed by atoms with van der Waals surface area (Å²) in [6.07, 6.45) is 0. The Balaban J connectivity index is 2.12. The van der Waals surface area contributed by atoms with Crippen molar-refractivity contribution in [2.45, 2.75) is 6.54 Å². The van der Waals surface area contributed by atoms with Crippen molar-refractivity contribution in [3.8, 4) is 0 Å². The fourth-order valence-corrected chi connectivity index (χ4v) is 3.76. The molecule has 2 heterocycles. The Labute approximate surface area is 140 Å². The summed E-state index contributed by atoms with van der Waals surface area (Å²) in [5.41, 5.74) is 1.45. The minimum Gasteiger partial charge on any atom is -0.383 e. The molecule has 0 spiro atoms. The van der Waals surface area contributed by atoms with Gasteiger partial charge in [-0.05, 0) is 12.1 Å². The maximum atomic E-state index is 12.6. The van der Waals surface area contributed by atoms with E-state index < -0.39 is 0 Å². The number of fused-ring (bicyclic) bond motifs is 3. The maximum absolute atomic E-state index is 12.6. The molecule has 0 radical (unpaired) electrons. The Morgan fingerprint density at radius 1 is 1.33 bits per heavy atom. The van der Waals surface area contributed by atoms with Gasteiger partial charge >= 0.3 is 0 Å². The van der Waals surface area contributed by atoms with E-state index in [2.05, 4.69) is 15.9 Å². The van der Waals surface area contributed by atoms with E-state index in [1.165, 1.54) is 0 Å². The van der Waals surface area contributed by atoms with Crippen molar-refractivity contribution < 1.29 is 9.53 Å². The lowest BCUT2D eigenvalue weighted by Gasteiger charge is -2.28. The van der Waals surface area contributed by atoms with Crippen molar-refractivity contribution in [1.29, 1.82) is 0 Å². The summed E-state index contributed by atoms with van der Waals surface area (Å²) in [7, 11) is 1.63. The number of carbonyl (C=O) groups excluding carboxylic acids is 1. The zero-order valence-electron chi connectivity index (χ0n) is 11.3. The van der Waals surface area contributed by atoms with Gasteiger partial charge in [-0.25, -0.2) is 0 Å². The van der Waals surface area contributed by atoms with Crippen molar-refractivity contribution in [3.05, 3.63) is 32.3 Å². The average molecular weight is 392 g/mol. The number of carbonyl (C=O) groups is 1. The predicted molar refractivity (Wildman–Crippen MR) is 87.4 cm³/mol. The zero-order valence-corrected chi connectivity index (χ0v) is 14.4. The minimum absolute atomic E-state index is 0.00594. The zero-order chi connectivity index (χ0) is 15.1. The van der Waals surface area contributed by atoms with Crippen LogP contribution in [0.3, 0.4) is 0 Å². The molecule has 1 aromatic heterocycles. The summed E-state index contributed by atoms with van der Waals surface area (Å²) in [5, 5.41) is 1.87. The molecule has 1 aliphatic rings. The molecule has 2 aromatic rings. The van der Waals surface area contributed by atoms with Gasteiger partial charge in [-0.3, -0.25) is 4.79 Å². The summed E-state index contributed by atoms with van der Waals surface area (Å²) in [4.78, 5) is 14.4. The van der Waals surface area contributed by atoms with Gasteiger partial charge in [-0.15, -0.1) is 0 Å². The van der Waals surface area contributed by atoms with Gasteiger partial charge in [0, 0.05) is 36.6 Å². The van der Waals surface area contributed by atoms with E-state index in [9.17, 15) is 4.79 Å². The fraction of sp³-hybridized carbons (Fsp3) is 0.357. The van der Waals surface area contributed by atoms with Crippen LogP contribution in [0.4, 0.5) is 0 Å².